The Labute approximate surface area is 181 Å². The van der Waals surface area contributed by atoms with E-state index in [0.717, 1.165) is 34.5 Å². The molecule has 2 heterocycles. The molecule has 0 amide bonds. The summed E-state index contributed by atoms with van der Waals surface area (Å²) in [4.78, 5) is 9.53. The van der Waals surface area contributed by atoms with Gasteiger partial charge in [0, 0.05) is 35.0 Å². The molecule has 6 heteroatoms. The van der Waals surface area contributed by atoms with Gasteiger partial charge in [0.25, 0.3) is 0 Å². The largest absolute Gasteiger partial charge is 0.493 e. The molecule has 1 aromatic heterocycles. The van der Waals surface area contributed by atoms with Crippen molar-refractivity contribution in [2.24, 2.45) is 4.99 Å². The number of aliphatic imine (C=N–C) groups is 1. The number of fused-ring (bicyclic) bond motifs is 1. The molecule has 1 aliphatic heterocycles. The van der Waals surface area contributed by atoms with Gasteiger partial charge < -0.3 is 14.6 Å². The number of aliphatic hydroxyl groups excluding tert-OH is 1. The Morgan fingerprint density at radius 3 is 2.58 bits per heavy atom. The number of aliphatic hydroxyl groups is 1. The van der Waals surface area contributed by atoms with Gasteiger partial charge in [-0.15, -0.1) is 0 Å². The van der Waals surface area contributed by atoms with Crippen LogP contribution in [0.5, 0.6) is 11.5 Å². The molecule has 2 atom stereocenters. The van der Waals surface area contributed by atoms with E-state index in [9.17, 15) is 10.4 Å². The zero-order valence-corrected chi connectivity index (χ0v) is 17.7. The summed E-state index contributed by atoms with van der Waals surface area (Å²) in [6.45, 7) is 1.71. The Morgan fingerprint density at radius 2 is 1.87 bits per heavy atom. The molecule has 2 aromatic carbocycles. The van der Waals surface area contributed by atoms with E-state index in [1.54, 1.807) is 33.3 Å². The Hall–Kier alpha value is -3.69. The molecule has 2 unspecified atom stereocenters. The Balaban J connectivity index is 1.74. The Bertz CT molecular complexity index is 1200. The smallest absolute Gasteiger partial charge is 0.162 e. The maximum atomic E-state index is 10.3. The second-order valence-corrected chi connectivity index (χ2v) is 7.47. The first-order chi connectivity index (χ1) is 15.0. The molecule has 3 aromatic rings. The SMILES string of the molecule is COc1cc2c(cc1OC)N=CC(c1ccc(C(C)O)c(-c3cccc(C#N)c3)n1)C2. The Kier molecular flexibility index (Phi) is 5.70. The third-order valence-electron chi connectivity index (χ3n) is 5.46. The van der Waals surface area contributed by atoms with Crippen LogP contribution < -0.4 is 9.47 Å². The van der Waals surface area contributed by atoms with Gasteiger partial charge in [0.05, 0.1) is 43.3 Å². The topological polar surface area (TPSA) is 87.7 Å². The van der Waals surface area contributed by atoms with Crippen molar-refractivity contribution in [3.63, 3.8) is 0 Å². The minimum absolute atomic E-state index is 0.0217. The summed E-state index contributed by atoms with van der Waals surface area (Å²) in [5.74, 6) is 1.30. The molecule has 156 valence electrons. The third-order valence-corrected chi connectivity index (χ3v) is 5.46. The van der Waals surface area contributed by atoms with E-state index in [-0.39, 0.29) is 5.92 Å². The van der Waals surface area contributed by atoms with Gasteiger partial charge in [-0.25, -0.2) is 0 Å². The molecule has 0 aliphatic carbocycles. The lowest BCUT2D eigenvalue weighted by molar-refractivity contribution is 0.199. The highest BCUT2D eigenvalue weighted by atomic mass is 16.5. The molecule has 0 radical (unpaired) electrons. The number of benzene rings is 2. The van der Waals surface area contributed by atoms with Crippen LogP contribution in [0.25, 0.3) is 11.3 Å². The van der Waals surface area contributed by atoms with E-state index in [2.05, 4.69) is 11.1 Å². The van der Waals surface area contributed by atoms with Crippen molar-refractivity contribution < 1.29 is 14.6 Å². The number of aromatic nitrogens is 1. The fourth-order valence-electron chi connectivity index (χ4n) is 3.83. The van der Waals surface area contributed by atoms with Crippen LogP contribution in [0.4, 0.5) is 5.69 Å². The van der Waals surface area contributed by atoms with Gasteiger partial charge in [-0.05, 0) is 43.2 Å². The van der Waals surface area contributed by atoms with Crippen LogP contribution in [0.1, 0.15) is 41.3 Å². The fraction of sp³-hybridized carbons (Fsp3) is 0.240. The van der Waals surface area contributed by atoms with Crippen LogP contribution in [0.15, 0.2) is 53.5 Å². The molecule has 0 saturated heterocycles. The number of hydrogen-bond acceptors (Lipinski definition) is 6. The number of nitriles is 1. The molecule has 0 saturated carbocycles. The highest BCUT2D eigenvalue weighted by Gasteiger charge is 2.22. The maximum Gasteiger partial charge on any atom is 0.162 e. The van der Waals surface area contributed by atoms with Crippen LogP contribution in [0.2, 0.25) is 0 Å². The monoisotopic (exact) mass is 413 g/mol. The predicted octanol–water partition coefficient (Wildman–Crippen LogP) is 4.73. The third kappa shape index (κ3) is 4.00. The molecule has 0 fully saturated rings. The van der Waals surface area contributed by atoms with E-state index in [0.29, 0.717) is 22.8 Å². The maximum absolute atomic E-state index is 10.3. The first-order valence-electron chi connectivity index (χ1n) is 10.0. The summed E-state index contributed by atoms with van der Waals surface area (Å²) in [6, 6.07) is 17.1. The lowest BCUT2D eigenvalue weighted by atomic mass is 9.91. The van der Waals surface area contributed by atoms with E-state index in [4.69, 9.17) is 14.5 Å². The van der Waals surface area contributed by atoms with Gasteiger partial charge in [0.15, 0.2) is 11.5 Å². The molecular formula is C25H23N3O3. The van der Waals surface area contributed by atoms with Crippen LogP contribution in [-0.2, 0) is 6.42 Å². The van der Waals surface area contributed by atoms with Crippen molar-refractivity contribution in [3.05, 3.63) is 70.9 Å². The highest BCUT2D eigenvalue weighted by Crippen LogP contribution is 2.39. The second-order valence-electron chi connectivity index (χ2n) is 7.47. The summed E-state index contributed by atoms with van der Waals surface area (Å²) < 4.78 is 10.8. The minimum Gasteiger partial charge on any atom is -0.493 e. The van der Waals surface area contributed by atoms with Gasteiger partial charge >= 0.3 is 0 Å². The summed E-state index contributed by atoms with van der Waals surface area (Å²) >= 11 is 0. The highest BCUT2D eigenvalue weighted by molar-refractivity contribution is 5.77. The van der Waals surface area contributed by atoms with E-state index in [1.807, 2.05) is 42.6 Å². The predicted molar refractivity (Wildman–Crippen MR) is 119 cm³/mol. The zero-order valence-electron chi connectivity index (χ0n) is 17.7. The van der Waals surface area contributed by atoms with Crippen molar-refractivity contribution in [3.8, 4) is 28.8 Å². The zero-order chi connectivity index (χ0) is 22.0. The van der Waals surface area contributed by atoms with Gasteiger partial charge in [0.1, 0.15) is 0 Å². The molecule has 0 spiro atoms. The normalized spacial score (nSPS) is 15.6. The number of methoxy groups -OCH3 is 2. The molecule has 31 heavy (non-hydrogen) atoms. The number of ether oxygens (including phenoxy) is 2. The van der Waals surface area contributed by atoms with Crippen molar-refractivity contribution >= 4 is 11.9 Å². The first kappa shape index (κ1) is 20.6. The van der Waals surface area contributed by atoms with E-state index < -0.39 is 6.10 Å². The van der Waals surface area contributed by atoms with Gasteiger partial charge in [-0.3, -0.25) is 9.98 Å². The minimum atomic E-state index is -0.681. The second kappa shape index (κ2) is 8.58. The molecule has 4 rings (SSSR count). The average molecular weight is 413 g/mol. The van der Waals surface area contributed by atoms with E-state index in [1.165, 1.54) is 0 Å². The molecule has 6 nitrogen and oxygen atoms in total. The van der Waals surface area contributed by atoms with E-state index >= 15 is 0 Å². The number of pyridine rings is 1. The lowest BCUT2D eigenvalue weighted by Crippen LogP contribution is -2.12. The van der Waals surface area contributed by atoms with Gasteiger partial charge in [-0.1, -0.05) is 18.2 Å². The number of rotatable bonds is 5. The molecule has 1 N–H and O–H groups in total. The summed E-state index contributed by atoms with van der Waals surface area (Å²) in [6.07, 6.45) is 1.94. The van der Waals surface area contributed by atoms with Crippen molar-refractivity contribution in [1.29, 1.82) is 5.26 Å². The average Bonchev–Trinajstić information content (AvgIpc) is 2.82. The van der Waals surface area contributed by atoms with Crippen molar-refractivity contribution in [2.75, 3.05) is 14.2 Å². The summed E-state index contributed by atoms with van der Waals surface area (Å²) in [5.41, 5.74) is 5.52. The standard InChI is InChI=1S/C25H23N3O3/c1-15(29)20-7-8-21(28-25(20)17-6-4-5-16(9-17)13-26)19-10-18-11-23(30-2)24(31-3)12-22(18)27-14-19/h4-9,11-12,14-15,19,29H,10H2,1-3H3. The fourth-order valence-corrected chi connectivity index (χ4v) is 3.83. The lowest BCUT2D eigenvalue weighted by Gasteiger charge is -2.21. The van der Waals surface area contributed by atoms with Crippen LogP contribution in [0, 0.1) is 11.3 Å². The molecular weight excluding hydrogens is 390 g/mol. The Morgan fingerprint density at radius 1 is 1.10 bits per heavy atom. The molecule has 0 bridgehead atoms. The van der Waals surface area contributed by atoms with Gasteiger partial charge in [-0.2, -0.15) is 5.26 Å². The van der Waals surface area contributed by atoms with Crippen LogP contribution in [-0.4, -0.2) is 30.5 Å². The number of nitrogens with zero attached hydrogens (tertiary/aromatic N) is 3. The summed E-state index contributed by atoms with van der Waals surface area (Å²) in [5, 5.41) is 19.5. The van der Waals surface area contributed by atoms with Crippen LogP contribution in [0.3, 0.4) is 0 Å². The van der Waals surface area contributed by atoms with Crippen LogP contribution >= 0.6 is 0 Å². The van der Waals surface area contributed by atoms with Crippen molar-refractivity contribution in [2.45, 2.75) is 25.4 Å². The first-order valence-corrected chi connectivity index (χ1v) is 10.0. The van der Waals surface area contributed by atoms with Gasteiger partial charge in [0.2, 0.25) is 0 Å². The number of hydrogen-bond donors (Lipinski definition) is 1. The quantitative estimate of drug-likeness (QED) is 0.653. The summed E-state index contributed by atoms with van der Waals surface area (Å²) in [7, 11) is 3.22. The van der Waals surface area contributed by atoms with Crippen molar-refractivity contribution in [1.82, 2.24) is 4.98 Å². The molecule has 1 aliphatic rings.